The van der Waals surface area contributed by atoms with E-state index < -0.39 is 30.6 Å². The zero-order chi connectivity index (χ0) is 11.4. The highest BCUT2D eigenvalue weighted by Crippen LogP contribution is 2.11. The summed E-state index contributed by atoms with van der Waals surface area (Å²) in [7, 11) is 0. The summed E-state index contributed by atoms with van der Waals surface area (Å²) in [4.78, 5) is 10.8. The van der Waals surface area contributed by atoms with Gasteiger partial charge in [-0.15, -0.1) is 0 Å². The Labute approximate surface area is 81.6 Å². The minimum Gasteiger partial charge on any atom is -0.372 e. The molecule has 2 atom stereocenters. The van der Waals surface area contributed by atoms with Gasteiger partial charge in [-0.05, 0) is 20.3 Å². The summed E-state index contributed by atoms with van der Waals surface area (Å²) in [6.07, 6.45) is -2.92. The molecule has 0 rings (SSSR count). The summed E-state index contributed by atoms with van der Waals surface area (Å²) in [6, 6.07) is 0. The number of hydrogen-bond acceptors (Lipinski definition) is 3. The largest absolute Gasteiger partial charge is 0.372 e. The van der Waals surface area contributed by atoms with Crippen LogP contribution in [0.3, 0.4) is 0 Å². The summed E-state index contributed by atoms with van der Waals surface area (Å²) in [6.45, 7) is 2.35. The van der Waals surface area contributed by atoms with Gasteiger partial charge in [0.25, 0.3) is 6.43 Å². The summed E-state index contributed by atoms with van der Waals surface area (Å²) >= 11 is 0. The fourth-order valence-electron chi connectivity index (χ4n) is 0.994. The molecule has 6 heteroatoms. The Balaban J connectivity index is 3.93. The van der Waals surface area contributed by atoms with Crippen LogP contribution < -0.4 is 11.5 Å². The average Bonchev–Trinajstić information content (AvgIpc) is 1.99. The minimum atomic E-state index is -2.52. The van der Waals surface area contributed by atoms with Crippen molar-refractivity contribution in [1.82, 2.24) is 0 Å². The number of ether oxygens (including phenoxy) is 1. The van der Waals surface area contributed by atoms with Crippen molar-refractivity contribution in [3.05, 3.63) is 0 Å². The van der Waals surface area contributed by atoms with Gasteiger partial charge in [0.2, 0.25) is 5.91 Å². The Morgan fingerprint density at radius 3 is 2.43 bits per heavy atom. The zero-order valence-electron chi connectivity index (χ0n) is 8.30. The van der Waals surface area contributed by atoms with E-state index in [2.05, 4.69) is 0 Å². The third-order valence-electron chi connectivity index (χ3n) is 1.78. The van der Waals surface area contributed by atoms with E-state index in [1.807, 2.05) is 0 Å². The Morgan fingerprint density at radius 2 is 2.07 bits per heavy atom. The maximum absolute atomic E-state index is 11.7. The molecule has 84 valence electrons. The molecule has 14 heavy (non-hydrogen) atoms. The molecule has 0 fully saturated rings. The lowest BCUT2D eigenvalue weighted by Crippen LogP contribution is -2.51. The number of carbonyl (C=O) groups excluding carboxylic acids is 1. The van der Waals surface area contributed by atoms with Crippen molar-refractivity contribution in [2.24, 2.45) is 11.5 Å². The first-order valence-electron chi connectivity index (χ1n) is 4.24. The molecule has 0 saturated carbocycles. The summed E-state index contributed by atoms with van der Waals surface area (Å²) < 4.78 is 28.2. The molecule has 0 aromatic carbocycles. The van der Waals surface area contributed by atoms with Crippen molar-refractivity contribution in [1.29, 1.82) is 0 Å². The van der Waals surface area contributed by atoms with Gasteiger partial charge in [0.15, 0.2) is 0 Å². The van der Waals surface area contributed by atoms with Crippen LogP contribution in [0, 0.1) is 0 Å². The Kier molecular flexibility index (Phi) is 4.93. The summed E-state index contributed by atoms with van der Waals surface area (Å²) in [5.74, 6) is -0.676. The van der Waals surface area contributed by atoms with Crippen LogP contribution in [0.1, 0.15) is 20.3 Å². The number of hydrogen-bond donors (Lipinski definition) is 2. The van der Waals surface area contributed by atoms with E-state index in [0.717, 1.165) is 0 Å². The van der Waals surface area contributed by atoms with Crippen molar-refractivity contribution in [2.45, 2.75) is 38.3 Å². The predicted octanol–water partition coefficient (Wildman–Crippen LogP) is 0.249. The van der Waals surface area contributed by atoms with Crippen LogP contribution >= 0.6 is 0 Å². The molecule has 0 heterocycles. The van der Waals surface area contributed by atoms with E-state index in [1.165, 1.54) is 6.92 Å². The first-order chi connectivity index (χ1) is 6.25. The average molecular weight is 210 g/mol. The van der Waals surface area contributed by atoms with Crippen LogP contribution in [0.5, 0.6) is 0 Å². The van der Waals surface area contributed by atoms with Gasteiger partial charge in [-0.25, -0.2) is 8.78 Å². The molecule has 4 nitrogen and oxygen atoms in total. The van der Waals surface area contributed by atoms with Crippen molar-refractivity contribution in [2.75, 3.05) is 6.61 Å². The number of halogens is 2. The first-order valence-corrected chi connectivity index (χ1v) is 4.24. The van der Waals surface area contributed by atoms with E-state index in [1.54, 1.807) is 6.92 Å². The number of nitrogens with two attached hydrogens (primary N) is 2. The predicted molar refractivity (Wildman–Crippen MR) is 47.8 cm³/mol. The number of primary amides is 1. The Bertz CT molecular complexity index is 198. The molecule has 0 radical (unpaired) electrons. The van der Waals surface area contributed by atoms with Crippen LogP contribution in [0.2, 0.25) is 0 Å². The minimum absolute atomic E-state index is 0.120. The van der Waals surface area contributed by atoms with Crippen molar-refractivity contribution >= 4 is 5.91 Å². The highest BCUT2D eigenvalue weighted by atomic mass is 19.3. The molecular formula is C8H16F2N2O2. The molecule has 1 amide bonds. The second-order valence-electron chi connectivity index (χ2n) is 3.52. The maximum Gasteiger partial charge on any atom is 0.261 e. The topological polar surface area (TPSA) is 78.3 Å². The van der Waals surface area contributed by atoms with E-state index in [0.29, 0.717) is 0 Å². The molecular weight excluding hydrogens is 194 g/mol. The van der Waals surface area contributed by atoms with Gasteiger partial charge in [-0.2, -0.15) is 0 Å². The van der Waals surface area contributed by atoms with Gasteiger partial charge in [-0.3, -0.25) is 4.79 Å². The molecule has 0 spiro atoms. The fraction of sp³-hybridized carbons (Fsp3) is 0.875. The molecule has 0 aromatic rings. The van der Waals surface area contributed by atoms with Crippen LogP contribution in [0.4, 0.5) is 8.78 Å². The number of amides is 1. The quantitative estimate of drug-likeness (QED) is 0.659. The zero-order valence-corrected chi connectivity index (χ0v) is 8.30. The van der Waals surface area contributed by atoms with E-state index >= 15 is 0 Å². The van der Waals surface area contributed by atoms with E-state index in [9.17, 15) is 13.6 Å². The second-order valence-corrected chi connectivity index (χ2v) is 3.52. The molecule has 0 aliphatic rings. The summed E-state index contributed by atoms with van der Waals surface area (Å²) in [5, 5.41) is 0. The van der Waals surface area contributed by atoms with Gasteiger partial charge in [0.05, 0.1) is 11.6 Å². The highest BCUT2D eigenvalue weighted by Gasteiger charge is 2.28. The molecule has 0 aliphatic carbocycles. The number of alkyl halides is 2. The van der Waals surface area contributed by atoms with Gasteiger partial charge in [-0.1, -0.05) is 0 Å². The third-order valence-corrected chi connectivity index (χ3v) is 1.78. The van der Waals surface area contributed by atoms with Crippen molar-refractivity contribution in [3.63, 3.8) is 0 Å². The van der Waals surface area contributed by atoms with Gasteiger partial charge in [0.1, 0.15) is 6.61 Å². The van der Waals surface area contributed by atoms with Crippen LogP contribution in [0.25, 0.3) is 0 Å². The third kappa shape index (κ3) is 5.08. The second kappa shape index (κ2) is 5.21. The van der Waals surface area contributed by atoms with Crippen LogP contribution in [-0.2, 0) is 9.53 Å². The fourth-order valence-corrected chi connectivity index (χ4v) is 0.994. The lowest BCUT2D eigenvalue weighted by atomic mass is 9.95. The number of carbonyl (C=O) groups is 1. The van der Waals surface area contributed by atoms with Gasteiger partial charge < -0.3 is 16.2 Å². The van der Waals surface area contributed by atoms with Crippen molar-refractivity contribution < 1.29 is 18.3 Å². The van der Waals surface area contributed by atoms with Crippen LogP contribution in [0.15, 0.2) is 0 Å². The molecule has 4 N–H and O–H groups in total. The normalized spacial score (nSPS) is 17.9. The van der Waals surface area contributed by atoms with E-state index in [-0.39, 0.29) is 6.42 Å². The monoisotopic (exact) mass is 210 g/mol. The first kappa shape index (κ1) is 13.2. The molecule has 0 aromatic heterocycles. The molecule has 2 unspecified atom stereocenters. The SMILES string of the molecule is CC(CC(C)(N)C(N)=O)OCC(F)F. The molecule has 0 saturated heterocycles. The lowest BCUT2D eigenvalue weighted by Gasteiger charge is -2.24. The Hall–Kier alpha value is -0.750. The maximum atomic E-state index is 11.7. The highest BCUT2D eigenvalue weighted by molar-refractivity contribution is 5.83. The Morgan fingerprint density at radius 1 is 1.57 bits per heavy atom. The number of rotatable bonds is 6. The smallest absolute Gasteiger partial charge is 0.261 e. The lowest BCUT2D eigenvalue weighted by molar-refractivity contribution is -0.124. The van der Waals surface area contributed by atoms with Crippen molar-refractivity contribution in [3.8, 4) is 0 Å². The molecule has 0 aliphatic heterocycles. The standard InChI is InChI=1S/C8H16F2N2O2/c1-5(14-4-6(9)10)3-8(2,12)7(11)13/h5-6H,3-4,12H2,1-2H3,(H2,11,13). The molecule has 0 bridgehead atoms. The summed E-state index contributed by atoms with van der Waals surface area (Å²) in [5.41, 5.74) is 9.31. The van der Waals surface area contributed by atoms with Gasteiger partial charge in [0, 0.05) is 0 Å². The van der Waals surface area contributed by atoms with Gasteiger partial charge >= 0.3 is 0 Å². The van der Waals surface area contributed by atoms with E-state index in [4.69, 9.17) is 16.2 Å². The van der Waals surface area contributed by atoms with Crippen LogP contribution in [-0.4, -0.2) is 30.6 Å².